The second kappa shape index (κ2) is 10.1. The minimum atomic E-state index is -1.33. The van der Waals surface area contributed by atoms with Crippen LogP contribution in [0.2, 0.25) is 0 Å². The number of piperidine rings is 1. The summed E-state index contributed by atoms with van der Waals surface area (Å²) in [6, 6.07) is 9.33. The maximum Gasteiger partial charge on any atom is 0.248 e. The number of ether oxygens (including phenoxy) is 1. The van der Waals surface area contributed by atoms with Crippen LogP contribution in [0, 0.1) is 12.8 Å². The van der Waals surface area contributed by atoms with Gasteiger partial charge in [0, 0.05) is 42.9 Å². The second-order valence-electron chi connectivity index (χ2n) is 9.31. The maximum atomic E-state index is 14.6. The molecule has 10 heteroatoms. The Kier molecular flexibility index (Phi) is 6.69. The van der Waals surface area contributed by atoms with Gasteiger partial charge in [-0.15, -0.1) is 0 Å². The number of aromatic amines is 1. The Morgan fingerprint density at radius 2 is 2.11 bits per heavy atom. The number of hydrogen-bond donors (Lipinski definition) is 3. The Bertz CT molecular complexity index is 1250. The molecular formula is C26H28FN5O4. The summed E-state index contributed by atoms with van der Waals surface area (Å²) in [5.41, 5.74) is 3.61. The summed E-state index contributed by atoms with van der Waals surface area (Å²) < 4.78 is 20.6. The minimum Gasteiger partial charge on any atom is -0.487 e. The standard InChI is InChI=1S/C26H28FN5O4/c1-15-8-16(2-3-22(15)36-23-5-7-32(12-20(23)27)25(34)13-33)17-4-6-29-24(9-17)31-26(35)19-10-18(19)21-11-28-14-30-21/h2-4,6,8-9,11,14,18-20,23,33H,5,7,10,12-13H2,1H3,(H,28,30)(H,29,31,35)/t18?,19?,20-,23+/m1/s1. The lowest BCUT2D eigenvalue weighted by Crippen LogP contribution is -2.50. The molecular weight excluding hydrogens is 465 g/mol. The van der Waals surface area contributed by atoms with Crippen molar-refractivity contribution in [3.05, 3.63) is 60.3 Å². The fraction of sp³-hybridized carbons (Fsp3) is 0.385. The molecule has 3 N–H and O–H groups in total. The summed E-state index contributed by atoms with van der Waals surface area (Å²) in [6.07, 6.45) is 4.16. The number of likely N-dealkylation sites (tertiary alicyclic amines) is 1. The lowest BCUT2D eigenvalue weighted by Gasteiger charge is -2.34. The molecule has 2 unspecified atom stereocenters. The number of halogens is 1. The predicted octanol–water partition coefficient (Wildman–Crippen LogP) is 2.83. The highest BCUT2D eigenvalue weighted by Gasteiger charge is 2.45. The van der Waals surface area contributed by atoms with Crippen LogP contribution in [0.4, 0.5) is 10.2 Å². The fourth-order valence-electron chi connectivity index (χ4n) is 4.66. The monoisotopic (exact) mass is 493 g/mol. The molecule has 36 heavy (non-hydrogen) atoms. The van der Waals surface area contributed by atoms with Crippen LogP contribution >= 0.6 is 0 Å². The first-order valence-electron chi connectivity index (χ1n) is 12.0. The number of aliphatic hydroxyl groups is 1. The predicted molar refractivity (Wildman–Crippen MR) is 130 cm³/mol. The molecule has 2 amide bonds. The maximum absolute atomic E-state index is 14.6. The van der Waals surface area contributed by atoms with Crippen molar-refractivity contribution in [3.8, 4) is 16.9 Å². The number of hydrogen-bond acceptors (Lipinski definition) is 6. The number of aryl methyl sites for hydroxylation is 1. The van der Waals surface area contributed by atoms with Gasteiger partial charge in [-0.2, -0.15) is 0 Å². The van der Waals surface area contributed by atoms with Gasteiger partial charge >= 0.3 is 0 Å². The van der Waals surface area contributed by atoms with Crippen molar-refractivity contribution in [1.82, 2.24) is 19.9 Å². The number of anilines is 1. The lowest BCUT2D eigenvalue weighted by molar-refractivity contribution is -0.138. The van der Waals surface area contributed by atoms with E-state index in [0.717, 1.165) is 28.8 Å². The number of imidazole rings is 1. The van der Waals surface area contributed by atoms with E-state index in [1.807, 2.05) is 31.2 Å². The average molecular weight is 494 g/mol. The molecule has 1 saturated heterocycles. The minimum absolute atomic E-state index is 0.0632. The largest absolute Gasteiger partial charge is 0.487 e. The van der Waals surface area contributed by atoms with Crippen molar-refractivity contribution in [2.45, 2.75) is 38.0 Å². The lowest BCUT2D eigenvalue weighted by atomic mass is 10.0. The number of amides is 2. The van der Waals surface area contributed by atoms with Gasteiger partial charge in [-0.3, -0.25) is 9.59 Å². The third-order valence-electron chi connectivity index (χ3n) is 6.81. The van der Waals surface area contributed by atoms with Gasteiger partial charge in [-0.1, -0.05) is 6.07 Å². The van der Waals surface area contributed by atoms with E-state index in [1.165, 1.54) is 4.90 Å². The molecule has 1 aromatic carbocycles. The zero-order chi connectivity index (χ0) is 25.2. The highest BCUT2D eigenvalue weighted by atomic mass is 19.1. The molecule has 2 aromatic heterocycles. The fourth-order valence-corrected chi connectivity index (χ4v) is 4.66. The van der Waals surface area contributed by atoms with Gasteiger partial charge in [0.25, 0.3) is 0 Å². The van der Waals surface area contributed by atoms with Crippen LogP contribution in [0.25, 0.3) is 11.1 Å². The first kappa shape index (κ1) is 23.9. The van der Waals surface area contributed by atoms with Crippen molar-refractivity contribution in [1.29, 1.82) is 0 Å². The molecule has 2 fully saturated rings. The van der Waals surface area contributed by atoms with Crippen molar-refractivity contribution in [2.75, 3.05) is 25.0 Å². The van der Waals surface area contributed by atoms with Crippen molar-refractivity contribution in [3.63, 3.8) is 0 Å². The van der Waals surface area contributed by atoms with E-state index in [2.05, 4.69) is 20.3 Å². The number of nitrogens with one attached hydrogen (secondary N) is 2. The van der Waals surface area contributed by atoms with Crippen LogP contribution < -0.4 is 10.1 Å². The van der Waals surface area contributed by atoms with E-state index in [-0.39, 0.29) is 24.3 Å². The molecule has 4 atom stereocenters. The molecule has 1 aliphatic heterocycles. The van der Waals surface area contributed by atoms with Crippen molar-refractivity contribution >= 4 is 17.6 Å². The van der Waals surface area contributed by atoms with Crippen molar-refractivity contribution in [2.24, 2.45) is 5.92 Å². The highest BCUT2D eigenvalue weighted by Crippen LogP contribution is 2.47. The van der Waals surface area contributed by atoms with E-state index in [1.54, 1.807) is 24.8 Å². The first-order chi connectivity index (χ1) is 17.4. The molecule has 1 aliphatic carbocycles. The normalized spacial score (nSPS) is 23.2. The van der Waals surface area contributed by atoms with E-state index in [4.69, 9.17) is 9.84 Å². The first-order valence-corrected chi connectivity index (χ1v) is 12.0. The molecule has 188 valence electrons. The molecule has 1 saturated carbocycles. The summed E-state index contributed by atoms with van der Waals surface area (Å²) in [5, 5.41) is 11.9. The van der Waals surface area contributed by atoms with Gasteiger partial charge in [-0.05, 0) is 54.3 Å². The number of H-pyrrole nitrogens is 1. The van der Waals surface area contributed by atoms with E-state index >= 15 is 0 Å². The van der Waals surface area contributed by atoms with Crippen LogP contribution in [-0.2, 0) is 9.59 Å². The van der Waals surface area contributed by atoms with Crippen LogP contribution in [0.3, 0.4) is 0 Å². The molecule has 3 heterocycles. The second-order valence-corrected chi connectivity index (χ2v) is 9.31. The molecule has 2 aliphatic rings. The molecule has 0 bridgehead atoms. The van der Waals surface area contributed by atoms with Gasteiger partial charge in [0.05, 0.1) is 12.9 Å². The summed E-state index contributed by atoms with van der Waals surface area (Å²) in [4.78, 5) is 37.0. The summed E-state index contributed by atoms with van der Waals surface area (Å²) in [7, 11) is 0. The van der Waals surface area contributed by atoms with Gasteiger partial charge in [0.15, 0.2) is 6.17 Å². The van der Waals surface area contributed by atoms with Gasteiger partial charge in [0.1, 0.15) is 24.3 Å². The van der Waals surface area contributed by atoms with E-state index in [0.29, 0.717) is 24.5 Å². The SMILES string of the molecule is Cc1cc(-c2ccnc(NC(=O)C3CC3c3cnc[nH]3)c2)ccc1O[C@H]1CCN(C(=O)CO)C[C@H]1F. The number of aromatic nitrogens is 3. The molecule has 0 radical (unpaired) electrons. The number of aliphatic hydroxyl groups excluding tert-OH is 1. The van der Waals surface area contributed by atoms with Crippen LogP contribution in [0.15, 0.2) is 49.1 Å². The number of alkyl halides is 1. The Morgan fingerprint density at radius 3 is 2.83 bits per heavy atom. The number of nitrogens with zero attached hydrogens (tertiary/aromatic N) is 3. The molecule has 3 aromatic rings. The molecule has 0 spiro atoms. The zero-order valence-electron chi connectivity index (χ0n) is 19.9. The van der Waals surface area contributed by atoms with Crippen LogP contribution in [-0.4, -0.2) is 68.7 Å². The Balaban J connectivity index is 1.22. The number of rotatable bonds is 7. The zero-order valence-corrected chi connectivity index (χ0v) is 19.9. The van der Waals surface area contributed by atoms with E-state index in [9.17, 15) is 14.0 Å². The number of pyridine rings is 1. The molecule has 5 rings (SSSR count). The van der Waals surface area contributed by atoms with Crippen LogP contribution in [0.1, 0.15) is 30.0 Å². The third kappa shape index (κ3) is 5.08. The topological polar surface area (TPSA) is 120 Å². The number of carbonyl (C=O) groups is 2. The number of carbonyl (C=O) groups excluding carboxylic acids is 2. The van der Waals surface area contributed by atoms with Gasteiger partial charge in [0.2, 0.25) is 11.8 Å². The smallest absolute Gasteiger partial charge is 0.248 e. The number of benzene rings is 1. The van der Waals surface area contributed by atoms with Crippen molar-refractivity contribution < 1.29 is 23.8 Å². The summed E-state index contributed by atoms with van der Waals surface area (Å²) >= 11 is 0. The summed E-state index contributed by atoms with van der Waals surface area (Å²) in [6.45, 7) is 1.53. The Labute approximate surface area is 207 Å². The van der Waals surface area contributed by atoms with E-state index < -0.39 is 24.8 Å². The van der Waals surface area contributed by atoms with Gasteiger partial charge in [-0.25, -0.2) is 14.4 Å². The van der Waals surface area contributed by atoms with Crippen LogP contribution in [0.5, 0.6) is 5.75 Å². The highest BCUT2D eigenvalue weighted by molar-refractivity contribution is 5.94. The molecule has 9 nitrogen and oxygen atoms in total. The Hall–Kier alpha value is -3.79. The summed E-state index contributed by atoms with van der Waals surface area (Å²) in [5.74, 6) is 0.593. The van der Waals surface area contributed by atoms with Gasteiger partial charge < -0.3 is 25.0 Å². The third-order valence-corrected chi connectivity index (χ3v) is 6.81. The average Bonchev–Trinajstić information content (AvgIpc) is 3.50. The quantitative estimate of drug-likeness (QED) is 0.466. The Morgan fingerprint density at radius 1 is 1.28 bits per heavy atom.